The van der Waals surface area contributed by atoms with Crippen LogP contribution in [0.25, 0.3) is 17.2 Å². The minimum atomic E-state index is -1.34. The van der Waals surface area contributed by atoms with E-state index in [1.807, 2.05) is 19.1 Å². The molecule has 128 valence electrons. The summed E-state index contributed by atoms with van der Waals surface area (Å²) >= 11 is 6.88. The first-order chi connectivity index (χ1) is 12.1. The standard InChI is InChI=1S/C18H14ClNO4S/c1-2-23-14-8-7-12(19)9-11(14)10-16(17(21)22)25-18-20-13-5-3-4-6-15(13)24-18/h3-10H,2H2,1H3,(H,21,22)/p-1/b16-10-. The number of carboxylic acids is 1. The van der Waals surface area contributed by atoms with Crippen molar-refractivity contribution in [2.45, 2.75) is 12.1 Å². The van der Waals surface area contributed by atoms with Crippen molar-refractivity contribution < 1.29 is 19.1 Å². The molecule has 0 atom stereocenters. The van der Waals surface area contributed by atoms with Gasteiger partial charge in [0, 0.05) is 15.5 Å². The number of para-hydroxylation sites is 2. The molecule has 0 fully saturated rings. The monoisotopic (exact) mass is 374 g/mol. The van der Waals surface area contributed by atoms with Gasteiger partial charge in [-0.2, -0.15) is 0 Å². The molecule has 0 bridgehead atoms. The summed E-state index contributed by atoms with van der Waals surface area (Å²) in [5.74, 6) is -0.807. The van der Waals surface area contributed by atoms with E-state index in [2.05, 4.69) is 4.98 Å². The van der Waals surface area contributed by atoms with Crippen molar-refractivity contribution in [3.05, 3.63) is 58.0 Å². The number of benzene rings is 2. The van der Waals surface area contributed by atoms with Crippen LogP contribution in [0.3, 0.4) is 0 Å². The van der Waals surface area contributed by atoms with Crippen LogP contribution in [-0.2, 0) is 4.79 Å². The highest BCUT2D eigenvalue weighted by Crippen LogP contribution is 2.32. The predicted octanol–water partition coefficient (Wildman–Crippen LogP) is 3.76. The van der Waals surface area contributed by atoms with E-state index in [1.165, 1.54) is 6.08 Å². The molecule has 0 aliphatic heterocycles. The number of aliphatic carboxylic acids is 1. The lowest BCUT2D eigenvalue weighted by atomic mass is 10.2. The third-order valence-electron chi connectivity index (χ3n) is 3.23. The number of nitrogens with zero attached hydrogens (tertiary/aromatic N) is 1. The zero-order valence-electron chi connectivity index (χ0n) is 13.2. The molecule has 0 amide bonds. The van der Waals surface area contributed by atoms with E-state index in [1.54, 1.807) is 30.3 Å². The zero-order chi connectivity index (χ0) is 17.8. The Kier molecular flexibility index (Phi) is 5.31. The van der Waals surface area contributed by atoms with Gasteiger partial charge in [-0.3, -0.25) is 0 Å². The van der Waals surface area contributed by atoms with Gasteiger partial charge >= 0.3 is 0 Å². The molecule has 0 saturated carbocycles. The quantitative estimate of drug-likeness (QED) is 0.483. The van der Waals surface area contributed by atoms with E-state index >= 15 is 0 Å². The van der Waals surface area contributed by atoms with Gasteiger partial charge in [0.2, 0.25) is 0 Å². The van der Waals surface area contributed by atoms with Crippen LogP contribution in [0.2, 0.25) is 5.02 Å². The second-order valence-corrected chi connectivity index (χ2v) is 6.39. The molecule has 7 heteroatoms. The molecule has 0 N–H and O–H groups in total. The third kappa shape index (κ3) is 4.15. The number of carboxylic acid groups (broad SMARTS) is 1. The van der Waals surface area contributed by atoms with E-state index in [0.29, 0.717) is 34.0 Å². The van der Waals surface area contributed by atoms with Gasteiger partial charge in [0.25, 0.3) is 5.22 Å². The number of carbonyl (C=O) groups excluding carboxylic acids is 1. The van der Waals surface area contributed by atoms with Gasteiger partial charge in [-0.05, 0) is 55.1 Å². The Labute approximate surface area is 153 Å². The summed E-state index contributed by atoms with van der Waals surface area (Å²) in [6.07, 6.45) is 1.44. The van der Waals surface area contributed by atoms with Gasteiger partial charge in [-0.25, -0.2) is 4.98 Å². The predicted molar refractivity (Wildman–Crippen MR) is 95.5 cm³/mol. The molecule has 0 aliphatic rings. The SMILES string of the molecule is CCOc1ccc(Cl)cc1/C=C(\Sc1nc2ccccc2o1)C(=O)[O-]. The van der Waals surface area contributed by atoms with Crippen molar-refractivity contribution in [3.8, 4) is 5.75 Å². The number of hydrogen-bond acceptors (Lipinski definition) is 6. The second-order valence-electron chi connectivity index (χ2n) is 4.96. The Morgan fingerprint density at radius 3 is 2.88 bits per heavy atom. The molecule has 0 spiro atoms. The van der Waals surface area contributed by atoms with Crippen LogP contribution in [0.4, 0.5) is 0 Å². The Balaban J connectivity index is 1.97. The fourth-order valence-corrected chi connectivity index (χ4v) is 3.09. The van der Waals surface area contributed by atoms with E-state index in [0.717, 1.165) is 11.8 Å². The van der Waals surface area contributed by atoms with Crippen molar-refractivity contribution in [1.82, 2.24) is 4.98 Å². The first kappa shape index (κ1) is 17.4. The number of fused-ring (bicyclic) bond motifs is 1. The summed E-state index contributed by atoms with van der Waals surface area (Å²) in [4.78, 5) is 15.7. The average Bonchev–Trinajstić information content (AvgIpc) is 2.99. The number of aromatic nitrogens is 1. The lowest BCUT2D eigenvalue weighted by Crippen LogP contribution is -2.23. The third-order valence-corrected chi connectivity index (χ3v) is 4.32. The maximum Gasteiger partial charge on any atom is 0.261 e. The molecule has 0 radical (unpaired) electrons. The topological polar surface area (TPSA) is 75.4 Å². The fourth-order valence-electron chi connectivity index (χ4n) is 2.18. The number of hydrogen-bond donors (Lipinski definition) is 0. The van der Waals surface area contributed by atoms with E-state index < -0.39 is 5.97 Å². The summed E-state index contributed by atoms with van der Waals surface area (Å²) < 4.78 is 11.1. The number of carbonyl (C=O) groups is 1. The van der Waals surface area contributed by atoms with E-state index in [4.69, 9.17) is 20.8 Å². The summed E-state index contributed by atoms with van der Waals surface area (Å²) in [6, 6.07) is 12.2. The normalized spacial score (nSPS) is 11.7. The zero-order valence-corrected chi connectivity index (χ0v) is 14.8. The molecule has 3 aromatic rings. The summed E-state index contributed by atoms with van der Waals surface area (Å²) in [5, 5.41) is 12.2. The Hall–Kier alpha value is -2.44. The second kappa shape index (κ2) is 7.63. The highest BCUT2D eigenvalue weighted by Gasteiger charge is 2.12. The molecular formula is C18H13ClNO4S-. The number of ether oxygens (including phenoxy) is 1. The number of rotatable bonds is 6. The number of halogens is 1. The van der Waals surface area contributed by atoms with Gasteiger partial charge in [0.1, 0.15) is 11.3 Å². The molecule has 0 aliphatic carbocycles. The highest BCUT2D eigenvalue weighted by molar-refractivity contribution is 8.03. The Bertz CT molecular complexity index is 918. The first-order valence-electron chi connectivity index (χ1n) is 7.45. The van der Waals surface area contributed by atoms with Crippen LogP contribution in [0.5, 0.6) is 5.75 Å². The minimum Gasteiger partial charge on any atom is -0.544 e. The molecule has 0 saturated heterocycles. The molecule has 5 nitrogen and oxygen atoms in total. The van der Waals surface area contributed by atoms with Crippen molar-refractivity contribution in [2.24, 2.45) is 0 Å². The smallest absolute Gasteiger partial charge is 0.261 e. The highest BCUT2D eigenvalue weighted by atomic mass is 35.5. The van der Waals surface area contributed by atoms with Crippen molar-refractivity contribution in [3.63, 3.8) is 0 Å². The van der Waals surface area contributed by atoms with E-state index in [-0.39, 0.29) is 10.1 Å². The first-order valence-corrected chi connectivity index (χ1v) is 8.65. The van der Waals surface area contributed by atoms with Gasteiger partial charge in [-0.15, -0.1) is 0 Å². The summed E-state index contributed by atoms with van der Waals surface area (Å²) in [7, 11) is 0. The maximum atomic E-state index is 11.5. The Morgan fingerprint density at radius 2 is 2.16 bits per heavy atom. The van der Waals surface area contributed by atoms with Crippen LogP contribution in [0, 0.1) is 0 Å². The molecule has 25 heavy (non-hydrogen) atoms. The average molecular weight is 375 g/mol. The van der Waals surface area contributed by atoms with Crippen molar-refractivity contribution in [1.29, 1.82) is 0 Å². The minimum absolute atomic E-state index is 0.0604. The molecule has 1 heterocycles. The van der Waals surface area contributed by atoms with Crippen LogP contribution in [0.15, 0.2) is 57.0 Å². The van der Waals surface area contributed by atoms with Crippen LogP contribution >= 0.6 is 23.4 Å². The van der Waals surface area contributed by atoms with Crippen LogP contribution in [-0.4, -0.2) is 17.6 Å². The lowest BCUT2D eigenvalue weighted by molar-refractivity contribution is -0.298. The molecular weight excluding hydrogens is 362 g/mol. The maximum absolute atomic E-state index is 11.5. The fraction of sp³-hybridized carbons (Fsp3) is 0.111. The molecule has 3 rings (SSSR count). The van der Waals surface area contributed by atoms with Crippen molar-refractivity contribution >= 4 is 46.5 Å². The van der Waals surface area contributed by atoms with E-state index in [9.17, 15) is 9.90 Å². The largest absolute Gasteiger partial charge is 0.544 e. The van der Waals surface area contributed by atoms with Gasteiger partial charge < -0.3 is 19.1 Å². The number of oxazole rings is 1. The van der Waals surface area contributed by atoms with Crippen LogP contribution < -0.4 is 9.84 Å². The summed E-state index contributed by atoms with van der Waals surface area (Å²) in [5.41, 5.74) is 1.78. The molecule has 2 aromatic carbocycles. The van der Waals surface area contributed by atoms with Crippen molar-refractivity contribution in [2.75, 3.05) is 6.61 Å². The van der Waals surface area contributed by atoms with Gasteiger partial charge in [0.05, 0.1) is 12.6 Å². The van der Waals surface area contributed by atoms with Crippen LogP contribution in [0.1, 0.15) is 12.5 Å². The molecule has 1 aromatic heterocycles. The van der Waals surface area contributed by atoms with Gasteiger partial charge in [0.15, 0.2) is 5.58 Å². The number of thioether (sulfide) groups is 1. The lowest BCUT2D eigenvalue weighted by Gasteiger charge is -2.10. The summed E-state index contributed by atoms with van der Waals surface area (Å²) in [6.45, 7) is 2.29. The Morgan fingerprint density at radius 1 is 1.36 bits per heavy atom. The molecule has 0 unspecified atom stereocenters. The van der Waals surface area contributed by atoms with Gasteiger partial charge in [-0.1, -0.05) is 23.7 Å².